The average Bonchev–Trinajstić information content (AvgIpc) is 2.57. The second-order valence-corrected chi connectivity index (χ2v) is 4.82. The highest BCUT2D eigenvalue weighted by molar-refractivity contribution is 7.81. The van der Waals surface area contributed by atoms with Crippen LogP contribution in [-0.2, 0) is 4.79 Å². The van der Waals surface area contributed by atoms with E-state index in [9.17, 15) is 9.59 Å². The second-order valence-electron chi connectivity index (χ2n) is 3.70. The molecule has 0 spiro atoms. The van der Waals surface area contributed by atoms with Crippen molar-refractivity contribution >= 4 is 41.9 Å². The Morgan fingerprint density at radius 1 is 1.59 bits per heavy atom. The minimum atomic E-state index is -1.11. The van der Waals surface area contributed by atoms with E-state index in [1.807, 2.05) is 0 Å². The predicted octanol–water partition coefficient (Wildman–Crippen LogP) is 1.47. The highest BCUT2D eigenvalue weighted by Crippen LogP contribution is 2.25. The van der Waals surface area contributed by atoms with Gasteiger partial charge < -0.3 is 5.11 Å². The molecule has 1 atom stereocenters. The average molecular weight is 273 g/mol. The number of aromatic carboxylic acids is 1. The van der Waals surface area contributed by atoms with Crippen molar-refractivity contribution < 1.29 is 14.7 Å². The molecule has 0 aromatic carbocycles. The number of thiol groups is 1. The molecule has 1 fully saturated rings. The fourth-order valence-corrected chi connectivity index (χ4v) is 2.18. The van der Waals surface area contributed by atoms with Gasteiger partial charge in [-0.1, -0.05) is 11.6 Å². The van der Waals surface area contributed by atoms with Crippen molar-refractivity contribution in [2.24, 2.45) is 0 Å². The lowest BCUT2D eigenvalue weighted by molar-refractivity contribution is -0.117. The lowest BCUT2D eigenvalue weighted by Crippen LogP contribution is -2.26. The van der Waals surface area contributed by atoms with Gasteiger partial charge in [-0.2, -0.15) is 12.6 Å². The maximum absolute atomic E-state index is 11.6. The van der Waals surface area contributed by atoms with Crippen LogP contribution in [0.3, 0.4) is 0 Å². The molecule has 0 radical (unpaired) electrons. The second kappa shape index (κ2) is 4.54. The van der Waals surface area contributed by atoms with Gasteiger partial charge in [-0.3, -0.25) is 9.69 Å². The first-order chi connectivity index (χ1) is 7.97. The summed E-state index contributed by atoms with van der Waals surface area (Å²) in [6.07, 6.45) is 0.319. The topological polar surface area (TPSA) is 70.5 Å². The van der Waals surface area contributed by atoms with E-state index in [1.54, 1.807) is 0 Å². The van der Waals surface area contributed by atoms with E-state index < -0.39 is 5.97 Å². The molecule has 0 saturated carbocycles. The summed E-state index contributed by atoms with van der Waals surface area (Å²) >= 11 is 9.94. The number of carboxylic acid groups (broad SMARTS) is 1. The van der Waals surface area contributed by atoms with Gasteiger partial charge in [-0.05, 0) is 12.1 Å². The van der Waals surface area contributed by atoms with Crippen LogP contribution in [0.25, 0.3) is 0 Å². The van der Waals surface area contributed by atoms with Gasteiger partial charge in [-0.15, -0.1) is 0 Å². The van der Waals surface area contributed by atoms with Crippen molar-refractivity contribution in [3.63, 3.8) is 0 Å². The van der Waals surface area contributed by atoms with Crippen LogP contribution in [0.1, 0.15) is 16.8 Å². The third-order valence-electron chi connectivity index (χ3n) is 2.41. The summed E-state index contributed by atoms with van der Waals surface area (Å²) in [5, 5.41) is 8.88. The van der Waals surface area contributed by atoms with Gasteiger partial charge in [0.15, 0.2) is 0 Å². The van der Waals surface area contributed by atoms with Crippen molar-refractivity contribution in [1.29, 1.82) is 0 Å². The molecule has 90 valence electrons. The van der Waals surface area contributed by atoms with Crippen LogP contribution in [0, 0.1) is 0 Å². The molecule has 7 heteroatoms. The number of carboxylic acids is 1. The molecule has 0 bridgehead atoms. The molecule has 2 heterocycles. The van der Waals surface area contributed by atoms with Crippen LogP contribution in [0.5, 0.6) is 0 Å². The van der Waals surface area contributed by atoms with E-state index in [-0.39, 0.29) is 27.7 Å². The molecule has 1 unspecified atom stereocenters. The van der Waals surface area contributed by atoms with E-state index in [1.165, 1.54) is 17.0 Å². The molecular weight excluding hydrogens is 264 g/mol. The molecule has 1 saturated heterocycles. The molecule has 2 rings (SSSR count). The van der Waals surface area contributed by atoms with Crippen molar-refractivity contribution in [3.8, 4) is 0 Å². The van der Waals surface area contributed by atoms with E-state index in [4.69, 9.17) is 16.7 Å². The number of aromatic nitrogens is 1. The van der Waals surface area contributed by atoms with E-state index in [2.05, 4.69) is 17.6 Å². The standard InChI is InChI=1S/C10H9ClN2O3S/c11-7-1-5(10(15)16)2-8(12-7)13-4-6(17)3-9(13)14/h1-2,6,17H,3-4H2,(H,15,16). The first-order valence-electron chi connectivity index (χ1n) is 4.86. The number of halogens is 1. The lowest BCUT2D eigenvalue weighted by Gasteiger charge is -2.15. The number of carbonyl (C=O) groups is 2. The van der Waals surface area contributed by atoms with Crippen molar-refractivity contribution in [1.82, 2.24) is 4.98 Å². The third-order valence-corrected chi connectivity index (χ3v) is 2.95. The molecule has 1 aromatic heterocycles. The molecule has 0 aliphatic carbocycles. The van der Waals surface area contributed by atoms with Crippen molar-refractivity contribution in [3.05, 3.63) is 22.8 Å². The molecule has 1 N–H and O–H groups in total. The van der Waals surface area contributed by atoms with Crippen LogP contribution in [0.4, 0.5) is 5.82 Å². The zero-order valence-electron chi connectivity index (χ0n) is 8.63. The predicted molar refractivity (Wildman–Crippen MR) is 66.0 cm³/mol. The Morgan fingerprint density at radius 2 is 2.29 bits per heavy atom. The van der Waals surface area contributed by atoms with Gasteiger partial charge in [0.1, 0.15) is 11.0 Å². The number of amides is 1. The number of carbonyl (C=O) groups excluding carboxylic acids is 1. The fourth-order valence-electron chi connectivity index (χ4n) is 1.65. The summed E-state index contributed by atoms with van der Waals surface area (Å²) < 4.78 is 0. The number of nitrogens with zero attached hydrogens (tertiary/aromatic N) is 2. The summed E-state index contributed by atoms with van der Waals surface area (Å²) in [5.74, 6) is -0.975. The maximum Gasteiger partial charge on any atom is 0.335 e. The van der Waals surface area contributed by atoms with Gasteiger partial charge in [0.2, 0.25) is 5.91 Å². The molecule has 17 heavy (non-hydrogen) atoms. The highest BCUT2D eigenvalue weighted by Gasteiger charge is 2.29. The largest absolute Gasteiger partial charge is 0.478 e. The third kappa shape index (κ3) is 2.53. The Morgan fingerprint density at radius 3 is 2.82 bits per heavy atom. The van der Waals surface area contributed by atoms with E-state index in [0.717, 1.165) is 0 Å². The van der Waals surface area contributed by atoms with Crippen LogP contribution in [0.15, 0.2) is 12.1 Å². The highest BCUT2D eigenvalue weighted by atomic mass is 35.5. The molecule has 1 amide bonds. The number of hydrogen-bond acceptors (Lipinski definition) is 4. The Hall–Kier alpha value is -1.27. The Balaban J connectivity index is 2.39. The number of rotatable bonds is 2. The van der Waals surface area contributed by atoms with E-state index >= 15 is 0 Å². The SMILES string of the molecule is O=C(O)c1cc(Cl)nc(N2CC(S)CC2=O)c1. The van der Waals surface area contributed by atoms with E-state index in [0.29, 0.717) is 13.0 Å². The molecule has 1 aliphatic rings. The first-order valence-corrected chi connectivity index (χ1v) is 5.76. The van der Waals surface area contributed by atoms with Crippen LogP contribution in [0.2, 0.25) is 5.15 Å². The van der Waals surface area contributed by atoms with Crippen LogP contribution in [-0.4, -0.2) is 33.8 Å². The van der Waals surface area contributed by atoms with Crippen molar-refractivity contribution in [2.75, 3.05) is 11.4 Å². The minimum absolute atomic E-state index is 0.00964. The summed E-state index contributed by atoms with van der Waals surface area (Å²) in [6.45, 7) is 0.411. The number of pyridine rings is 1. The summed E-state index contributed by atoms with van der Waals surface area (Å²) in [5.41, 5.74) is 0.00964. The molecular formula is C10H9ClN2O3S. The number of anilines is 1. The van der Waals surface area contributed by atoms with Gasteiger partial charge in [0, 0.05) is 18.2 Å². The van der Waals surface area contributed by atoms with Crippen molar-refractivity contribution in [2.45, 2.75) is 11.7 Å². The zero-order valence-corrected chi connectivity index (χ0v) is 10.3. The summed E-state index contributed by atoms with van der Waals surface area (Å²) in [7, 11) is 0. The molecule has 5 nitrogen and oxygen atoms in total. The zero-order chi connectivity index (χ0) is 12.6. The fraction of sp³-hybridized carbons (Fsp3) is 0.300. The van der Waals surface area contributed by atoms with Gasteiger partial charge in [-0.25, -0.2) is 9.78 Å². The first kappa shape index (κ1) is 12.2. The molecule has 1 aromatic rings. The monoisotopic (exact) mass is 272 g/mol. The van der Waals surface area contributed by atoms with Gasteiger partial charge >= 0.3 is 5.97 Å². The van der Waals surface area contributed by atoms with Gasteiger partial charge in [0.25, 0.3) is 0 Å². The summed E-state index contributed by atoms with van der Waals surface area (Å²) in [4.78, 5) is 27.8. The summed E-state index contributed by atoms with van der Waals surface area (Å²) in [6, 6.07) is 2.57. The van der Waals surface area contributed by atoms with Crippen LogP contribution >= 0.6 is 24.2 Å². The maximum atomic E-state index is 11.6. The van der Waals surface area contributed by atoms with Gasteiger partial charge in [0.05, 0.1) is 5.56 Å². The Labute approximate surface area is 108 Å². The normalized spacial score (nSPS) is 19.8. The molecule has 1 aliphatic heterocycles. The number of hydrogen-bond donors (Lipinski definition) is 2. The quantitative estimate of drug-likeness (QED) is 0.632. The van der Waals surface area contributed by atoms with Crippen LogP contribution < -0.4 is 4.90 Å². The smallest absolute Gasteiger partial charge is 0.335 e. The minimum Gasteiger partial charge on any atom is -0.478 e. The lowest BCUT2D eigenvalue weighted by atomic mass is 10.2. The Bertz CT molecular complexity index is 494. The Kier molecular flexibility index (Phi) is 3.26.